The van der Waals surface area contributed by atoms with Crippen molar-refractivity contribution < 1.29 is 4.74 Å². The maximum Gasteiger partial charge on any atom is 0.252 e. The average molecular weight is 257 g/mol. The van der Waals surface area contributed by atoms with Crippen molar-refractivity contribution in [1.82, 2.24) is 14.8 Å². The molecule has 0 amide bonds. The van der Waals surface area contributed by atoms with E-state index in [0.717, 1.165) is 11.3 Å². The van der Waals surface area contributed by atoms with Gasteiger partial charge in [0.15, 0.2) is 0 Å². The number of ether oxygens (including phenoxy) is 1. The SMILES string of the molecule is COc1cccc(C(C(C)N)n2cnc(C#N)n2)c1. The zero-order valence-electron chi connectivity index (χ0n) is 10.8. The van der Waals surface area contributed by atoms with Gasteiger partial charge in [-0.3, -0.25) is 0 Å². The molecule has 0 spiro atoms. The topological polar surface area (TPSA) is 89.8 Å². The molecule has 0 saturated heterocycles. The molecule has 0 aliphatic carbocycles. The molecule has 0 radical (unpaired) electrons. The first-order valence-corrected chi connectivity index (χ1v) is 5.86. The van der Waals surface area contributed by atoms with Crippen molar-refractivity contribution in [2.24, 2.45) is 5.73 Å². The van der Waals surface area contributed by atoms with E-state index in [9.17, 15) is 0 Å². The highest BCUT2D eigenvalue weighted by Crippen LogP contribution is 2.24. The minimum Gasteiger partial charge on any atom is -0.497 e. The first-order valence-electron chi connectivity index (χ1n) is 5.86. The Kier molecular flexibility index (Phi) is 3.78. The molecule has 0 fully saturated rings. The Morgan fingerprint density at radius 3 is 2.84 bits per heavy atom. The number of rotatable bonds is 4. The van der Waals surface area contributed by atoms with Crippen LogP contribution in [0.5, 0.6) is 5.75 Å². The number of nitriles is 1. The van der Waals surface area contributed by atoms with Crippen molar-refractivity contribution >= 4 is 0 Å². The second-order valence-electron chi connectivity index (χ2n) is 4.24. The Balaban J connectivity index is 2.42. The highest BCUT2D eigenvalue weighted by Gasteiger charge is 2.20. The number of nitrogens with zero attached hydrogens (tertiary/aromatic N) is 4. The fraction of sp³-hybridized carbons (Fsp3) is 0.308. The maximum absolute atomic E-state index is 8.78. The van der Waals surface area contributed by atoms with Gasteiger partial charge in [-0.1, -0.05) is 12.1 Å². The van der Waals surface area contributed by atoms with Crippen LogP contribution in [0.1, 0.15) is 24.4 Å². The van der Waals surface area contributed by atoms with Gasteiger partial charge in [0.2, 0.25) is 0 Å². The molecule has 2 aromatic rings. The van der Waals surface area contributed by atoms with Crippen LogP contribution in [0.2, 0.25) is 0 Å². The summed E-state index contributed by atoms with van der Waals surface area (Å²) < 4.78 is 6.82. The van der Waals surface area contributed by atoms with Gasteiger partial charge in [0.05, 0.1) is 13.2 Å². The van der Waals surface area contributed by atoms with Crippen LogP contribution in [0, 0.1) is 11.3 Å². The van der Waals surface area contributed by atoms with Gasteiger partial charge in [-0.15, -0.1) is 5.10 Å². The molecule has 2 unspecified atom stereocenters. The summed E-state index contributed by atoms with van der Waals surface area (Å²) in [5, 5.41) is 12.9. The first kappa shape index (κ1) is 13.1. The third-order valence-corrected chi connectivity index (χ3v) is 2.83. The van der Waals surface area contributed by atoms with Gasteiger partial charge in [-0.2, -0.15) is 5.26 Å². The molecule has 19 heavy (non-hydrogen) atoms. The number of hydrogen-bond acceptors (Lipinski definition) is 5. The lowest BCUT2D eigenvalue weighted by Gasteiger charge is -2.21. The number of aromatic nitrogens is 3. The van der Waals surface area contributed by atoms with Crippen LogP contribution < -0.4 is 10.5 Å². The smallest absolute Gasteiger partial charge is 0.252 e. The lowest BCUT2D eigenvalue weighted by molar-refractivity contribution is 0.409. The standard InChI is InChI=1S/C13H15N5O/c1-9(15)13(18-8-16-12(7-14)17-18)10-4-3-5-11(6-10)19-2/h3-6,8-9,13H,15H2,1-2H3. The number of benzene rings is 1. The Bertz CT molecular complexity index is 599. The largest absolute Gasteiger partial charge is 0.497 e. The Morgan fingerprint density at radius 2 is 2.26 bits per heavy atom. The third kappa shape index (κ3) is 2.72. The molecule has 2 atom stereocenters. The van der Waals surface area contributed by atoms with E-state index >= 15 is 0 Å². The monoisotopic (exact) mass is 257 g/mol. The average Bonchev–Trinajstić information content (AvgIpc) is 2.87. The van der Waals surface area contributed by atoms with E-state index in [1.165, 1.54) is 6.33 Å². The highest BCUT2D eigenvalue weighted by atomic mass is 16.5. The molecular weight excluding hydrogens is 242 g/mol. The third-order valence-electron chi connectivity index (χ3n) is 2.83. The second-order valence-corrected chi connectivity index (χ2v) is 4.24. The fourth-order valence-corrected chi connectivity index (χ4v) is 1.98. The Morgan fingerprint density at radius 1 is 1.47 bits per heavy atom. The molecule has 1 heterocycles. The van der Waals surface area contributed by atoms with Gasteiger partial charge in [-0.05, 0) is 24.6 Å². The second kappa shape index (κ2) is 5.50. The Hall–Kier alpha value is -2.39. The van der Waals surface area contributed by atoms with E-state index in [0.29, 0.717) is 0 Å². The molecule has 0 aliphatic heterocycles. The molecule has 2 N–H and O–H groups in total. The molecule has 98 valence electrons. The first-order chi connectivity index (χ1) is 9.15. The minimum absolute atomic E-state index is 0.133. The van der Waals surface area contributed by atoms with Gasteiger partial charge in [0.25, 0.3) is 5.82 Å². The van der Waals surface area contributed by atoms with Gasteiger partial charge < -0.3 is 10.5 Å². The van der Waals surface area contributed by atoms with Crippen molar-refractivity contribution in [3.8, 4) is 11.8 Å². The summed E-state index contributed by atoms with van der Waals surface area (Å²) in [6.07, 6.45) is 1.52. The van der Waals surface area contributed by atoms with E-state index in [-0.39, 0.29) is 17.9 Å². The molecule has 0 aliphatic rings. The summed E-state index contributed by atoms with van der Waals surface area (Å²) in [5.41, 5.74) is 6.99. The summed E-state index contributed by atoms with van der Waals surface area (Å²) in [6, 6.07) is 9.15. The maximum atomic E-state index is 8.78. The lowest BCUT2D eigenvalue weighted by Crippen LogP contribution is -2.30. The summed E-state index contributed by atoms with van der Waals surface area (Å²) in [5.74, 6) is 0.886. The van der Waals surface area contributed by atoms with Crippen LogP contribution in [-0.4, -0.2) is 27.9 Å². The molecule has 1 aromatic heterocycles. The van der Waals surface area contributed by atoms with E-state index < -0.39 is 0 Å². The molecule has 0 saturated carbocycles. The van der Waals surface area contributed by atoms with Crippen molar-refractivity contribution in [3.05, 3.63) is 42.0 Å². The summed E-state index contributed by atoms with van der Waals surface area (Å²) in [6.45, 7) is 1.89. The predicted molar refractivity (Wildman–Crippen MR) is 69.5 cm³/mol. The molecule has 6 heteroatoms. The van der Waals surface area contributed by atoms with Crippen molar-refractivity contribution in [2.45, 2.75) is 19.0 Å². The normalized spacial score (nSPS) is 13.6. The molecule has 2 rings (SSSR count). The zero-order valence-corrected chi connectivity index (χ0v) is 10.8. The molecule has 6 nitrogen and oxygen atoms in total. The van der Waals surface area contributed by atoms with Crippen LogP contribution in [0.3, 0.4) is 0 Å². The lowest BCUT2D eigenvalue weighted by atomic mass is 10.0. The predicted octanol–water partition coefficient (Wildman–Crippen LogP) is 1.09. The van der Waals surface area contributed by atoms with Gasteiger partial charge in [0.1, 0.15) is 18.1 Å². The highest BCUT2D eigenvalue weighted by molar-refractivity contribution is 5.31. The van der Waals surface area contributed by atoms with Crippen molar-refractivity contribution in [1.29, 1.82) is 5.26 Å². The Labute approximate surface area is 111 Å². The summed E-state index contributed by atoms with van der Waals surface area (Å²) in [7, 11) is 1.61. The zero-order chi connectivity index (χ0) is 13.8. The fourth-order valence-electron chi connectivity index (χ4n) is 1.98. The van der Waals surface area contributed by atoms with Crippen LogP contribution >= 0.6 is 0 Å². The number of hydrogen-bond donors (Lipinski definition) is 1. The van der Waals surface area contributed by atoms with E-state index in [4.69, 9.17) is 15.7 Å². The van der Waals surface area contributed by atoms with Gasteiger partial charge in [0, 0.05) is 6.04 Å². The number of methoxy groups -OCH3 is 1. The summed E-state index contributed by atoms with van der Waals surface area (Å²) in [4.78, 5) is 3.91. The van der Waals surface area contributed by atoms with E-state index in [1.807, 2.05) is 37.3 Å². The minimum atomic E-state index is -0.190. The van der Waals surface area contributed by atoms with E-state index in [2.05, 4.69) is 10.1 Å². The van der Waals surface area contributed by atoms with Crippen LogP contribution in [0.4, 0.5) is 0 Å². The van der Waals surface area contributed by atoms with Crippen LogP contribution in [0.25, 0.3) is 0 Å². The quantitative estimate of drug-likeness (QED) is 0.885. The van der Waals surface area contributed by atoms with Gasteiger partial charge >= 0.3 is 0 Å². The van der Waals surface area contributed by atoms with Gasteiger partial charge in [-0.25, -0.2) is 9.67 Å². The van der Waals surface area contributed by atoms with Crippen molar-refractivity contribution in [2.75, 3.05) is 7.11 Å². The van der Waals surface area contributed by atoms with Crippen LogP contribution in [-0.2, 0) is 0 Å². The summed E-state index contributed by atoms with van der Waals surface area (Å²) >= 11 is 0. The molecular formula is C13H15N5O. The van der Waals surface area contributed by atoms with Crippen molar-refractivity contribution in [3.63, 3.8) is 0 Å². The molecule has 1 aromatic carbocycles. The number of nitrogens with two attached hydrogens (primary N) is 1. The van der Waals surface area contributed by atoms with E-state index in [1.54, 1.807) is 11.8 Å². The van der Waals surface area contributed by atoms with Crippen LogP contribution in [0.15, 0.2) is 30.6 Å². The molecule has 0 bridgehead atoms.